The number of rotatable bonds is 6. The second kappa shape index (κ2) is 9.85. The van der Waals surface area contributed by atoms with Gasteiger partial charge in [-0.15, -0.1) is 0 Å². The minimum Gasteiger partial charge on any atom is -0.339 e. The van der Waals surface area contributed by atoms with Crippen LogP contribution in [-0.4, -0.2) is 60.9 Å². The summed E-state index contributed by atoms with van der Waals surface area (Å²) in [5.41, 5.74) is 1.74. The molecule has 2 aromatic carbocycles. The summed E-state index contributed by atoms with van der Waals surface area (Å²) < 4.78 is 0.850. The van der Waals surface area contributed by atoms with Crippen LogP contribution in [0.3, 0.4) is 0 Å². The second-order valence-corrected chi connectivity index (χ2v) is 8.05. The highest BCUT2D eigenvalue weighted by atomic mass is 79.9. The highest BCUT2D eigenvalue weighted by Gasteiger charge is 2.25. The molecule has 1 aliphatic heterocycles. The molecule has 1 unspecified atom stereocenters. The molecule has 1 N–H and O–H groups in total. The Kier molecular flexibility index (Phi) is 7.23. The number of hydrogen-bond donors (Lipinski definition) is 1. The standard InChI is InChI=1S/C22H26BrN3O2/c1-17(18-6-3-2-4-7-18)15-26(16-21(27)25-12-10-24-11-13-25)22(28)19-8-5-9-20(23)14-19/h2-9,14,17,24H,10-13,15-16H2,1H3. The monoisotopic (exact) mass is 443 g/mol. The molecule has 0 bridgehead atoms. The van der Waals surface area contributed by atoms with Crippen molar-refractivity contribution in [3.05, 3.63) is 70.2 Å². The predicted octanol–water partition coefficient (Wildman–Crippen LogP) is 3.13. The molecule has 1 atom stereocenters. The van der Waals surface area contributed by atoms with Gasteiger partial charge in [0.2, 0.25) is 5.91 Å². The van der Waals surface area contributed by atoms with Gasteiger partial charge >= 0.3 is 0 Å². The number of hydrogen-bond acceptors (Lipinski definition) is 3. The second-order valence-electron chi connectivity index (χ2n) is 7.14. The molecule has 0 radical (unpaired) electrons. The molecule has 2 amide bonds. The molecule has 1 saturated heterocycles. The summed E-state index contributed by atoms with van der Waals surface area (Å²) in [7, 11) is 0. The Morgan fingerprint density at radius 2 is 1.82 bits per heavy atom. The van der Waals surface area contributed by atoms with Crippen molar-refractivity contribution in [2.24, 2.45) is 0 Å². The number of carbonyl (C=O) groups is 2. The van der Waals surface area contributed by atoms with Crippen LogP contribution in [0, 0.1) is 0 Å². The van der Waals surface area contributed by atoms with Gasteiger partial charge in [-0.05, 0) is 29.7 Å². The van der Waals surface area contributed by atoms with Gasteiger partial charge in [0.05, 0.1) is 0 Å². The first kappa shape index (κ1) is 20.6. The molecule has 5 nitrogen and oxygen atoms in total. The van der Waals surface area contributed by atoms with Crippen LogP contribution in [0.4, 0.5) is 0 Å². The molecule has 6 heteroatoms. The predicted molar refractivity (Wildman–Crippen MR) is 114 cm³/mol. The van der Waals surface area contributed by atoms with E-state index in [9.17, 15) is 9.59 Å². The lowest BCUT2D eigenvalue weighted by molar-refractivity contribution is -0.132. The van der Waals surface area contributed by atoms with Crippen molar-refractivity contribution in [3.8, 4) is 0 Å². The summed E-state index contributed by atoms with van der Waals surface area (Å²) in [5, 5.41) is 3.25. The smallest absolute Gasteiger partial charge is 0.254 e. The van der Waals surface area contributed by atoms with Crippen LogP contribution in [0.25, 0.3) is 0 Å². The van der Waals surface area contributed by atoms with E-state index in [1.54, 1.807) is 17.0 Å². The molecule has 0 spiro atoms. The van der Waals surface area contributed by atoms with Gasteiger partial charge in [-0.2, -0.15) is 0 Å². The van der Waals surface area contributed by atoms with Gasteiger partial charge in [0.1, 0.15) is 6.54 Å². The Morgan fingerprint density at radius 3 is 2.50 bits per heavy atom. The number of nitrogens with one attached hydrogen (secondary N) is 1. The topological polar surface area (TPSA) is 52.7 Å². The van der Waals surface area contributed by atoms with E-state index in [0.29, 0.717) is 25.2 Å². The van der Waals surface area contributed by atoms with Gasteiger partial charge in [-0.25, -0.2) is 0 Å². The van der Waals surface area contributed by atoms with Crippen molar-refractivity contribution in [2.45, 2.75) is 12.8 Å². The normalized spacial score (nSPS) is 15.1. The molecular weight excluding hydrogens is 418 g/mol. The number of carbonyl (C=O) groups excluding carboxylic acids is 2. The Morgan fingerprint density at radius 1 is 1.11 bits per heavy atom. The highest BCUT2D eigenvalue weighted by molar-refractivity contribution is 9.10. The van der Waals surface area contributed by atoms with Crippen LogP contribution in [0.2, 0.25) is 0 Å². The number of amides is 2. The molecule has 3 rings (SSSR count). The van der Waals surface area contributed by atoms with Crippen molar-refractivity contribution < 1.29 is 9.59 Å². The SMILES string of the molecule is CC(CN(CC(=O)N1CCNCC1)C(=O)c1cccc(Br)c1)c1ccccc1. The van der Waals surface area contributed by atoms with E-state index in [-0.39, 0.29) is 24.3 Å². The van der Waals surface area contributed by atoms with Gasteiger partial charge in [-0.1, -0.05) is 59.3 Å². The summed E-state index contributed by atoms with van der Waals surface area (Å²) in [6, 6.07) is 17.4. The molecule has 1 fully saturated rings. The first-order valence-corrected chi connectivity index (χ1v) is 10.4. The third-order valence-corrected chi connectivity index (χ3v) is 5.51. The van der Waals surface area contributed by atoms with Gasteiger partial charge < -0.3 is 15.1 Å². The third-order valence-electron chi connectivity index (χ3n) is 5.02. The Labute approximate surface area is 174 Å². The van der Waals surface area contributed by atoms with Gasteiger partial charge in [0.25, 0.3) is 5.91 Å². The van der Waals surface area contributed by atoms with Gasteiger partial charge in [-0.3, -0.25) is 9.59 Å². The van der Waals surface area contributed by atoms with E-state index >= 15 is 0 Å². The zero-order chi connectivity index (χ0) is 19.9. The van der Waals surface area contributed by atoms with E-state index in [1.807, 2.05) is 35.2 Å². The van der Waals surface area contributed by atoms with Gasteiger partial charge in [0, 0.05) is 42.8 Å². The van der Waals surface area contributed by atoms with E-state index < -0.39 is 0 Å². The molecule has 2 aromatic rings. The number of nitrogens with zero attached hydrogens (tertiary/aromatic N) is 2. The molecule has 28 heavy (non-hydrogen) atoms. The zero-order valence-corrected chi connectivity index (χ0v) is 17.7. The van der Waals surface area contributed by atoms with Crippen molar-refractivity contribution in [1.29, 1.82) is 0 Å². The summed E-state index contributed by atoms with van der Waals surface area (Å²) in [5.74, 6) is 0.0193. The Balaban J connectivity index is 1.78. The van der Waals surface area contributed by atoms with E-state index in [4.69, 9.17) is 0 Å². The van der Waals surface area contributed by atoms with Crippen LogP contribution in [0.1, 0.15) is 28.8 Å². The first-order chi connectivity index (χ1) is 13.5. The van der Waals surface area contributed by atoms with Crippen LogP contribution in [0.15, 0.2) is 59.1 Å². The lowest BCUT2D eigenvalue weighted by Crippen LogP contribution is -2.50. The lowest BCUT2D eigenvalue weighted by Gasteiger charge is -2.31. The molecule has 148 valence electrons. The summed E-state index contributed by atoms with van der Waals surface area (Å²) in [6.45, 7) is 5.65. The molecule has 0 saturated carbocycles. The van der Waals surface area contributed by atoms with Crippen LogP contribution >= 0.6 is 15.9 Å². The van der Waals surface area contributed by atoms with Crippen molar-refractivity contribution in [1.82, 2.24) is 15.1 Å². The average molecular weight is 444 g/mol. The minimum absolute atomic E-state index is 0.00473. The maximum Gasteiger partial charge on any atom is 0.254 e. The molecule has 1 heterocycles. The van der Waals surface area contributed by atoms with Crippen molar-refractivity contribution >= 4 is 27.7 Å². The highest BCUT2D eigenvalue weighted by Crippen LogP contribution is 2.19. The number of halogens is 1. The molecule has 1 aliphatic rings. The Bertz CT molecular complexity index is 806. The fraction of sp³-hybridized carbons (Fsp3) is 0.364. The van der Waals surface area contributed by atoms with Crippen LogP contribution in [-0.2, 0) is 4.79 Å². The van der Waals surface area contributed by atoms with E-state index in [0.717, 1.165) is 23.1 Å². The van der Waals surface area contributed by atoms with Crippen molar-refractivity contribution in [2.75, 3.05) is 39.3 Å². The quantitative estimate of drug-likeness (QED) is 0.745. The van der Waals surface area contributed by atoms with E-state index in [2.05, 4.69) is 40.3 Å². The van der Waals surface area contributed by atoms with E-state index in [1.165, 1.54) is 0 Å². The summed E-state index contributed by atoms with van der Waals surface area (Å²) in [6.07, 6.45) is 0. The lowest BCUT2D eigenvalue weighted by atomic mass is 10.0. The maximum atomic E-state index is 13.2. The third kappa shape index (κ3) is 5.42. The average Bonchev–Trinajstić information content (AvgIpc) is 2.74. The molecule has 0 aliphatic carbocycles. The van der Waals surface area contributed by atoms with Gasteiger partial charge in [0.15, 0.2) is 0 Å². The zero-order valence-electron chi connectivity index (χ0n) is 16.1. The molecular formula is C22H26BrN3O2. The Hall–Kier alpha value is -2.18. The summed E-state index contributed by atoms with van der Waals surface area (Å²) >= 11 is 3.43. The largest absolute Gasteiger partial charge is 0.339 e. The van der Waals surface area contributed by atoms with Crippen LogP contribution in [0.5, 0.6) is 0 Å². The number of benzene rings is 2. The molecule has 0 aromatic heterocycles. The maximum absolute atomic E-state index is 13.2. The number of piperazine rings is 1. The summed E-state index contributed by atoms with van der Waals surface area (Å²) in [4.78, 5) is 29.6. The van der Waals surface area contributed by atoms with Crippen molar-refractivity contribution in [3.63, 3.8) is 0 Å². The fourth-order valence-corrected chi connectivity index (χ4v) is 3.82. The first-order valence-electron chi connectivity index (χ1n) is 9.63. The van der Waals surface area contributed by atoms with Crippen LogP contribution < -0.4 is 5.32 Å². The minimum atomic E-state index is -0.118. The fourth-order valence-electron chi connectivity index (χ4n) is 3.42.